The highest BCUT2D eigenvalue weighted by molar-refractivity contribution is 8.00. The molecule has 1 amide bonds. The summed E-state index contributed by atoms with van der Waals surface area (Å²) in [4.78, 5) is 13.5. The SMILES string of the molecule is Cl.O=C(NCC1(Sc2ccccc2)CCCC1)C1CSCN1. The molecular formula is C16H23ClN2OS2. The Kier molecular flexibility index (Phi) is 6.93. The zero-order chi connectivity index (χ0) is 14.5. The topological polar surface area (TPSA) is 41.1 Å². The molecule has 1 aliphatic heterocycles. The van der Waals surface area contributed by atoms with Crippen LogP contribution in [0.4, 0.5) is 0 Å². The van der Waals surface area contributed by atoms with E-state index in [9.17, 15) is 4.79 Å². The largest absolute Gasteiger partial charge is 0.353 e. The molecule has 2 fully saturated rings. The van der Waals surface area contributed by atoms with Gasteiger partial charge in [-0.3, -0.25) is 10.1 Å². The fraction of sp³-hybridized carbons (Fsp3) is 0.562. The van der Waals surface area contributed by atoms with E-state index in [1.54, 1.807) is 11.8 Å². The summed E-state index contributed by atoms with van der Waals surface area (Å²) in [6.45, 7) is 0.786. The van der Waals surface area contributed by atoms with Gasteiger partial charge < -0.3 is 5.32 Å². The molecule has 0 radical (unpaired) electrons. The first kappa shape index (κ1) is 18.0. The van der Waals surface area contributed by atoms with Gasteiger partial charge in [0, 0.05) is 27.8 Å². The summed E-state index contributed by atoms with van der Waals surface area (Å²) in [7, 11) is 0. The third-order valence-electron chi connectivity index (χ3n) is 4.21. The summed E-state index contributed by atoms with van der Waals surface area (Å²) in [5, 5.41) is 6.43. The van der Waals surface area contributed by atoms with Crippen LogP contribution in [0.3, 0.4) is 0 Å². The maximum Gasteiger partial charge on any atom is 0.238 e. The Hall–Kier alpha value is -0.360. The van der Waals surface area contributed by atoms with Gasteiger partial charge in [-0.05, 0) is 25.0 Å². The zero-order valence-electron chi connectivity index (χ0n) is 12.5. The second-order valence-corrected chi connectivity index (χ2v) is 8.37. The zero-order valence-corrected chi connectivity index (χ0v) is 15.0. The van der Waals surface area contributed by atoms with E-state index < -0.39 is 0 Å². The van der Waals surface area contributed by atoms with Gasteiger partial charge in [-0.25, -0.2) is 0 Å². The Morgan fingerprint density at radius 1 is 1.32 bits per heavy atom. The molecule has 1 aromatic carbocycles. The summed E-state index contributed by atoms with van der Waals surface area (Å²) in [5.41, 5.74) is 0. The monoisotopic (exact) mass is 358 g/mol. The number of nitrogens with one attached hydrogen (secondary N) is 2. The molecule has 2 aliphatic rings. The quantitative estimate of drug-likeness (QED) is 0.847. The average molecular weight is 359 g/mol. The lowest BCUT2D eigenvalue weighted by Crippen LogP contribution is -2.46. The lowest BCUT2D eigenvalue weighted by molar-refractivity contribution is -0.122. The third kappa shape index (κ3) is 4.57. The summed E-state index contributed by atoms with van der Waals surface area (Å²) >= 11 is 3.74. The molecule has 1 atom stereocenters. The van der Waals surface area contributed by atoms with Crippen molar-refractivity contribution in [2.45, 2.75) is 41.4 Å². The van der Waals surface area contributed by atoms with Crippen LogP contribution in [0, 0.1) is 0 Å². The predicted octanol–water partition coefficient (Wildman–Crippen LogP) is 3.29. The second kappa shape index (κ2) is 8.48. The van der Waals surface area contributed by atoms with Crippen molar-refractivity contribution in [2.24, 2.45) is 0 Å². The van der Waals surface area contributed by atoms with Crippen LogP contribution < -0.4 is 10.6 Å². The van der Waals surface area contributed by atoms with Gasteiger partial charge in [0.05, 0.1) is 6.04 Å². The van der Waals surface area contributed by atoms with Crippen molar-refractivity contribution in [3.8, 4) is 0 Å². The van der Waals surface area contributed by atoms with Gasteiger partial charge in [0.15, 0.2) is 0 Å². The van der Waals surface area contributed by atoms with Crippen molar-refractivity contribution >= 4 is 41.8 Å². The number of thioether (sulfide) groups is 2. The van der Waals surface area contributed by atoms with Crippen molar-refractivity contribution in [3.63, 3.8) is 0 Å². The van der Waals surface area contributed by atoms with Crippen LogP contribution in [0.1, 0.15) is 25.7 Å². The summed E-state index contributed by atoms with van der Waals surface area (Å²) in [6.07, 6.45) is 4.93. The molecule has 1 saturated carbocycles. The van der Waals surface area contributed by atoms with E-state index in [-0.39, 0.29) is 29.1 Å². The number of benzene rings is 1. The van der Waals surface area contributed by atoms with Gasteiger partial charge in [-0.2, -0.15) is 0 Å². The van der Waals surface area contributed by atoms with Crippen LogP contribution in [0.25, 0.3) is 0 Å². The Balaban J connectivity index is 0.00000176. The Morgan fingerprint density at radius 3 is 2.68 bits per heavy atom. The molecule has 1 saturated heterocycles. The molecule has 1 heterocycles. The molecule has 0 aromatic heterocycles. The standard InChI is InChI=1S/C16H22N2OS2.ClH/c19-15(14-10-20-12-18-14)17-11-16(8-4-5-9-16)21-13-6-2-1-3-7-13;/h1-3,6-7,14,18H,4-5,8-12H2,(H,17,19);1H. The first-order valence-electron chi connectivity index (χ1n) is 7.60. The first-order valence-corrected chi connectivity index (χ1v) is 9.57. The minimum atomic E-state index is -0.00446. The van der Waals surface area contributed by atoms with Gasteiger partial charge >= 0.3 is 0 Å². The summed E-state index contributed by atoms with van der Waals surface area (Å²) in [6, 6.07) is 10.6. The predicted molar refractivity (Wildman–Crippen MR) is 98.0 cm³/mol. The van der Waals surface area contributed by atoms with Crippen molar-refractivity contribution < 1.29 is 4.79 Å². The third-order valence-corrected chi connectivity index (χ3v) is 6.64. The van der Waals surface area contributed by atoms with Gasteiger partial charge in [-0.15, -0.1) is 35.9 Å². The average Bonchev–Trinajstić information content (AvgIpc) is 3.18. The summed E-state index contributed by atoms with van der Waals surface area (Å²) < 4.78 is 0.183. The number of hydrogen-bond acceptors (Lipinski definition) is 4. The molecule has 122 valence electrons. The normalized spacial score (nSPS) is 23.0. The molecule has 1 aliphatic carbocycles. The van der Waals surface area contributed by atoms with E-state index in [0.717, 1.165) is 18.2 Å². The van der Waals surface area contributed by atoms with Gasteiger partial charge in [-0.1, -0.05) is 31.0 Å². The maximum atomic E-state index is 12.2. The molecule has 6 heteroatoms. The molecule has 1 unspecified atom stereocenters. The number of carbonyl (C=O) groups is 1. The fourth-order valence-corrected chi connectivity index (χ4v) is 5.38. The van der Waals surface area contributed by atoms with E-state index >= 15 is 0 Å². The number of rotatable bonds is 5. The summed E-state index contributed by atoms with van der Waals surface area (Å²) in [5.74, 6) is 1.95. The van der Waals surface area contributed by atoms with E-state index in [4.69, 9.17) is 0 Å². The highest BCUT2D eigenvalue weighted by Gasteiger charge is 2.36. The van der Waals surface area contributed by atoms with Crippen LogP contribution in [-0.4, -0.2) is 34.9 Å². The highest BCUT2D eigenvalue weighted by atomic mass is 35.5. The van der Waals surface area contributed by atoms with E-state index in [0.29, 0.717) is 0 Å². The van der Waals surface area contributed by atoms with E-state index in [1.807, 2.05) is 11.8 Å². The fourth-order valence-electron chi connectivity index (χ4n) is 3.01. The maximum absolute atomic E-state index is 12.2. The van der Waals surface area contributed by atoms with Crippen LogP contribution in [0.2, 0.25) is 0 Å². The minimum absolute atomic E-state index is 0. The van der Waals surface area contributed by atoms with Crippen LogP contribution in [-0.2, 0) is 4.79 Å². The van der Waals surface area contributed by atoms with Gasteiger partial charge in [0.25, 0.3) is 0 Å². The molecule has 0 bridgehead atoms. The second-order valence-electron chi connectivity index (χ2n) is 5.79. The molecule has 3 rings (SSSR count). The lowest BCUT2D eigenvalue weighted by Gasteiger charge is -2.29. The van der Waals surface area contributed by atoms with Crippen molar-refractivity contribution in [3.05, 3.63) is 30.3 Å². The smallest absolute Gasteiger partial charge is 0.238 e. The molecule has 0 spiro atoms. The Labute approximate surface area is 147 Å². The van der Waals surface area contributed by atoms with Crippen molar-refractivity contribution in [2.75, 3.05) is 18.2 Å². The minimum Gasteiger partial charge on any atom is -0.353 e. The number of hydrogen-bond donors (Lipinski definition) is 2. The van der Waals surface area contributed by atoms with Gasteiger partial charge in [0.1, 0.15) is 0 Å². The number of amides is 1. The highest BCUT2D eigenvalue weighted by Crippen LogP contribution is 2.44. The molecule has 22 heavy (non-hydrogen) atoms. The van der Waals surface area contributed by atoms with Gasteiger partial charge in [0.2, 0.25) is 5.91 Å². The molecule has 2 N–H and O–H groups in total. The van der Waals surface area contributed by atoms with Crippen LogP contribution in [0.15, 0.2) is 35.2 Å². The van der Waals surface area contributed by atoms with Crippen molar-refractivity contribution in [1.82, 2.24) is 10.6 Å². The number of carbonyl (C=O) groups excluding carboxylic acids is 1. The number of halogens is 1. The lowest BCUT2D eigenvalue weighted by atomic mass is 10.1. The van der Waals surface area contributed by atoms with Crippen molar-refractivity contribution in [1.29, 1.82) is 0 Å². The molecular weight excluding hydrogens is 336 g/mol. The van der Waals surface area contributed by atoms with E-state index in [2.05, 4.69) is 41.0 Å². The first-order chi connectivity index (χ1) is 10.3. The molecule has 1 aromatic rings. The van der Waals surface area contributed by atoms with Crippen LogP contribution in [0.5, 0.6) is 0 Å². The Bertz CT molecular complexity index is 474. The molecule has 3 nitrogen and oxygen atoms in total. The van der Waals surface area contributed by atoms with Crippen LogP contribution >= 0.6 is 35.9 Å². The van der Waals surface area contributed by atoms with E-state index in [1.165, 1.54) is 30.6 Å². The Morgan fingerprint density at radius 2 is 2.05 bits per heavy atom.